The molecule has 1 amide bonds. The van der Waals surface area contributed by atoms with Crippen LogP contribution in [-0.2, 0) is 0 Å². The minimum Gasteiger partial charge on any atom is -0.321 e. The van der Waals surface area contributed by atoms with E-state index in [1.807, 2.05) is 38.1 Å². The Kier molecular flexibility index (Phi) is 3.66. The molecule has 3 aromatic rings. The molecule has 0 radical (unpaired) electrons. The molecule has 106 valence electrons. The molecule has 0 atom stereocenters. The number of aryl methyl sites for hydroxylation is 2. The minimum absolute atomic E-state index is 0.117. The van der Waals surface area contributed by atoms with Gasteiger partial charge in [-0.25, -0.2) is 4.98 Å². The number of halogens is 1. The maximum Gasteiger partial charge on any atom is 0.255 e. The molecule has 0 unspecified atom stereocenters. The van der Waals surface area contributed by atoms with Gasteiger partial charge in [-0.15, -0.1) is 11.3 Å². The van der Waals surface area contributed by atoms with Crippen LogP contribution in [0.15, 0.2) is 35.8 Å². The number of nitrogens with zero attached hydrogens (tertiary/aromatic N) is 1. The highest BCUT2D eigenvalue weighted by Crippen LogP contribution is 2.32. The number of hydrogen-bond donors (Lipinski definition) is 1. The van der Waals surface area contributed by atoms with E-state index >= 15 is 0 Å². The number of carbonyl (C=O) groups is 1. The largest absolute Gasteiger partial charge is 0.321 e. The Morgan fingerprint density at radius 1 is 1.24 bits per heavy atom. The van der Waals surface area contributed by atoms with Crippen molar-refractivity contribution < 1.29 is 4.79 Å². The SMILES string of the molecule is Cc1ccc(C)c(C(=O)Nc2ccc(Cl)c3ncsc23)c1. The van der Waals surface area contributed by atoms with Gasteiger partial charge in [0.25, 0.3) is 5.91 Å². The van der Waals surface area contributed by atoms with E-state index in [0.29, 0.717) is 10.6 Å². The van der Waals surface area contributed by atoms with Gasteiger partial charge in [-0.05, 0) is 37.6 Å². The first-order valence-electron chi connectivity index (χ1n) is 6.46. The Bertz CT molecular complexity index is 841. The Hall–Kier alpha value is -1.91. The number of hydrogen-bond acceptors (Lipinski definition) is 3. The van der Waals surface area contributed by atoms with Crippen molar-refractivity contribution in [2.45, 2.75) is 13.8 Å². The lowest BCUT2D eigenvalue weighted by atomic mass is 10.1. The minimum atomic E-state index is -0.117. The van der Waals surface area contributed by atoms with Gasteiger partial charge < -0.3 is 5.32 Å². The van der Waals surface area contributed by atoms with E-state index in [-0.39, 0.29) is 5.91 Å². The summed E-state index contributed by atoms with van der Waals surface area (Å²) >= 11 is 7.56. The summed E-state index contributed by atoms with van der Waals surface area (Å²) in [6, 6.07) is 9.41. The Morgan fingerprint density at radius 2 is 2.05 bits per heavy atom. The van der Waals surface area contributed by atoms with Crippen LogP contribution in [0.1, 0.15) is 21.5 Å². The molecule has 1 heterocycles. The quantitative estimate of drug-likeness (QED) is 0.736. The van der Waals surface area contributed by atoms with Crippen molar-refractivity contribution in [2.75, 3.05) is 5.32 Å². The summed E-state index contributed by atoms with van der Waals surface area (Å²) in [5.41, 5.74) is 5.88. The summed E-state index contributed by atoms with van der Waals surface area (Å²) in [5.74, 6) is -0.117. The first-order valence-corrected chi connectivity index (χ1v) is 7.72. The van der Waals surface area contributed by atoms with E-state index in [2.05, 4.69) is 10.3 Å². The molecule has 0 bridgehead atoms. The molecule has 21 heavy (non-hydrogen) atoms. The van der Waals surface area contributed by atoms with Crippen LogP contribution in [0.5, 0.6) is 0 Å². The van der Waals surface area contributed by atoms with Crippen LogP contribution in [0.3, 0.4) is 0 Å². The maximum absolute atomic E-state index is 12.5. The molecule has 0 saturated carbocycles. The third-order valence-corrected chi connectivity index (χ3v) is 4.49. The zero-order valence-corrected chi connectivity index (χ0v) is 13.2. The number of thiazole rings is 1. The van der Waals surface area contributed by atoms with Crippen molar-refractivity contribution in [1.82, 2.24) is 4.98 Å². The van der Waals surface area contributed by atoms with Crippen LogP contribution in [0.2, 0.25) is 5.02 Å². The van der Waals surface area contributed by atoms with Crippen molar-refractivity contribution in [2.24, 2.45) is 0 Å². The lowest BCUT2D eigenvalue weighted by Crippen LogP contribution is -2.13. The van der Waals surface area contributed by atoms with Crippen LogP contribution in [0, 0.1) is 13.8 Å². The summed E-state index contributed by atoms with van der Waals surface area (Å²) in [5, 5.41) is 3.55. The topological polar surface area (TPSA) is 42.0 Å². The summed E-state index contributed by atoms with van der Waals surface area (Å²) < 4.78 is 0.890. The van der Waals surface area contributed by atoms with Crippen molar-refractivity contribution in [3.63, 3.8) is 0 Å². The monoisotopic (exact) mass is 316 g/mol. The molecular weight excluding hydrogens is 304 g/mol. The molecular formula is C16H13ClN2OS. The Balaban J connectivity index is 1.99. The highest BCUT2D eigenvalue weighted by Gasteiger charge is 2.13. The van der Waals surface area contributed by atoms with Crippen LogP contribution in [0.25, 0.3) is 10.2 Å². The molecule has 3 rings (SSSR count). The molecule has 0 aliphatic carbocycles. The normalized spacial score (nSPS) is 10.8. The van der Waals surface area contributed by atoms with Crippen LogP contribution in [0.4, 0.5) is 5.69 Å². The van der Waals surface area contributed by atoms with Gasteiger partial charge >= 0.3 is 0 Å². The predicted molar refractivity (Wildman–Crippen MR) is 88.5 cm³/mol. The number of carbonyl (C=O) groups excluding carboxylic acids is 1. The number of rotatable bonds is 2. The van der Waals surface area contributed by atoms with Crippen molar-refractivity contribution in [1.29, 1.82) is 0 Å². The molecule has 5 heteroatoms. The average Bonchev–Trinajstić information content (AvgIpc) is 2.95. The smallest absolute Gasteiger partial charge is 0.255 e. The van der Waals surface area contributed by atoms with E-state index < -0.39 is 0 Å². The first-order chi connectivity index (χ1) is 10.1. The number of anilines is 1. The van der Waals surface area contributed by atoms with Gasteiger partial charge in [0, 0.05) is 5.56 Å². The van der Waals surface area contributed by atoms with Gasteiger partial charge in [0.2, 0.25) is 0 Å². The second-order valence-corrected chi connectivity index (χ2v) is 6.16. The zero-order chi connectivity index (χ0) is 15.0. The average molecular weight is 317 g/mol. The van der Waals surface area contributed by atoms with E-state index in [0.717, 1.165) is 27.0 Å². The number of fused-ring (bicyclic) bond motifs is 1. The van der Waals surface area contributed by atoms with E-state index in [1.165, 1.54) is 11.3 Å². The number of benzene rings is 2. The summed E-state index contributed by atoms with van der Waals surface area (Å²) in [7, 11) is 0. The predicted octanol–water partition coefficient (Wildman–Crippen LogP) is 4.82. The number of aromatic nitrogens is 1. The van der Waals surface area contributed by atoms with Gasteiger partial charge in [0.05, 0.1) is 20.9 Å². The summed E-state index contributed by atoms with van der Waals surface area (Å²) in [4.78, 5) is 16.7. The second-order valence-electron chi connectivity index (χ2n) is 4.90. The van der Waals surface area contributed by atoms with Crippen LogP contribution in [-0.4, -0.2) is 10.9 Å². The first kappa shape index (κ1) is 14.0. The molecule has 1 aromatic heterocycles. The number of amides is 1. The fourth-order valence-corrected chi connectivity index (χ4v) is 3.23. The van der Waals surface area contributed by atoms with Crippen LogP contribution >= 0.6 is 22.9 Å². The Labute approximate surface area is 131 Å². The maximum atomic E-state index is 12.5. The van der Waals surface area contributed by atoms with Gasteiger partial charge in [0.15, 0.2) is 0 Å². The third kappa shape index (κ3) is 2.64. The molecule has 0 aliphatic rings. The summed E-state index contributed by atoms with van der Waals surface area (Å²) in [6.45, 7) is 3.90. The fourth-order valence-electron chi connectivity index (χ4n) is 2.19. The van der Waals surface area contributed by atoms with Crippen molar-refractivity contribution in [3.8, 4) is 0 Å². The molecule has 0 aliphatic heterocycles. The highest BCUT2D eigenvalue weighted by molar-refractivity contribution is 7.17. The summed E-state index contributed by atoms with van der Waals surface area (Å²) in [6.07, 6.45) is 0. The molecule has 3 nitrogen and oxygen atoms in total. The second kappa shape index (κ2) is 5.47. The lowest BCUT2D eigenvalue weighted by Gasteiger charge is -2.09. The fraction of sp³-hybridized carbons (Fsp3) is 0.125. The zero-order valence-electron chi connectivity index (χ0n) is 11.6. The number of nitrogens with one attached hydrogen (secondary N) is 1. The molecule has 0 fully saturated rings. The van der Waals surface area contributed by atoms with E-state index in [1.54, 1.807) is 11.6 Å². The van der Waals surface area contributed by atoms with Crippen molar-refractivity contribution in [3.05, 3.63) is 57.6 Å². The third-order valence-electron chi connectivity index (χ3n) is 3.32. The molecule has 0 saturated heterocycles. The molecule has 1 N–H and O–H groups in total. The van der Waals surface area contributed by atoms with Crippen LogP contribution < -0.4 is 5.32 Å². The van der Waals surface area contributed by atoms with Gasteiger partial charge in [0.1, 0.15) is 5.52 Å². The molecule has 0 spiro atoms. The molecule has 2 aromatic carbocycles. The van der Waals surface area contributed by atoms with Gasteiger partial charge in [-0.1, -0.05) is 29.3 Å². The van der Waals surface area contributed by atoms with Gasteiger partial charge in [-0.3, -0.25) is 4.79 Å². The Morgan fingerprint density at radius 3 is 2.86 bits per heavy atom. The van der Waals surface area contributed by atoms with Gasteiger partial charge in [-0.2, -0.15) is 0 Å². The van der Waals surface area contributed by atoms with E-state index in [4.69, 9.17) is 11.6 Å². The highest BCUT2D eigenvalue weighted by atomic mass is 35.5. The van der Waals surface area contributed by atoms with Crippen molar-refractivity contribution >= 4 is 44.7 Å². The standard InChI is InChI=1S/C16H13ClN2OS/c1-9-3-4-10(2)11(7-9)16(20)19-13-6-5-12(17)14-15(13)21-8-18-14/h3-8H,1-2H3,(H,19,20). The van der Waals surface area contributed by atoms with E-state index in [9.17, 15) is 4.79 Å². The lowest BCUT2D eigenvalue weighted by molar-refractivity contribution is 0.102.